The molecule has 3 aromatic rings. The van der Waals surface area contributed by atoms with Gasteiger partial charge in [0.05, 0.1) is 11.3 Å². The molecule has 1 aliphatic rings. The van der Waals surface area contributed by atoms with Crippen molar-refractivity contribution in [1.82, 2.24) is 5.32 Å². The number of para-hydroxylation sites is 1. The number of fused-ring (bicyclic) bond motifs is 1. The van der Waals surface area contributed by atoms with E-state index in [1.54, 1.807) is 19.2 Å². The monoisotopic (exact) mass is 369 g/mol. The maximum absolute atomic E-state index is 12.8. The van der Waals surface area contributed by atoms with Crippen molar-refractivity contribution in [2.24, 2.45) is 0 Å². The minimum Gasteiger partial charge on any atom is -0.355 e. The van der Waals surface area contributed by atoms with Gasteiger partial charge in [-0.3, -0.25) is 9.59 Å². The Hall–Kier alpha value is -3.86. The number of hydrogen-bond donors (Lipinski definition) is 3. The molecular weight excluding hydrogens is 350 g/mol. The van der Waals surface area contributed by atoms with E-state index in [1.807, 2.05) is 66.7 Å². The molecule has 28 heavy (non-hydrogen) atoms. The van der Waals surface area contributed by atoms with E-state index in [9.17, 15) is 9.59 Å². The van der Waals surface area contributed by atoms with E-state index in [4.69, 9.17) is 0 Å². The molecule has 0 unspecified atom stereocenters. The summed E-state index contributed by atoms with van der Waals surface area (Å²) in [7, 11) is 1.60. The molecule has 4 rings (SSSR count). The molecule has 0 atom stereocenters. The van der Waals surface area contributed by atoms with Gasteiger partial charge in [0.25, 0.3) is 11.8 Å². The summed E-state index contributed by atoms with van der Waals surface area (Å²) in [5.41, 5.74) is 5.06. The lowest BCUT2D eigenvalue weighted by atomic mass is 10.00. The van der Waals surface area contributed by atoms with Gasteiger partial charge in [-0.25, -0.2) is 0 Å². The first-order chi connectivity index (χ1) is 13.7. The SMILES string of the molecule is CNC(=O)c1cccc(N/C(=C2\C(=O)Nc3ccccc32)c2ccccc2)c1. The van der Waals surface area contributed by atoms with Gasteiger partial charge in [-0.15, -0.1) is 0 Å². The van der Waals surface area contributed by atoms with Crippen LogP contribution in [0.15, 0.2) is 78.9 Å². The second-order valence-corrected chi connectivity index (χ2v) is 6.40. The zero-order valence-electron chi connectivity index (χ0n) is 15.3. The topological polar surface area (TPSA) is 70.2 Å². The summed E-state index contributed by atoms with van der Waals surface area (Å²) in [6.45, 7) is 0. The molecule has 0 spiro atoms. The van der Waals surface area contributed by atoms with Gasteiger partial charge in [-0.2, -0.15) is 0 Å². The molecule has 3 aromatic carbocycles. The lowest BCUT2D eigenvalue weighted by molar-refractivity contribution is -0.110. The zero-order valence-corrected chi connectivity index (χ0v) is 15.3. The normalized spacial score (nSPS) is 14.1. The highest BCUT2D eigenvalue weighted by Crippen LogP contribution is 2.37. The molecular formula is C23H19N3O2. The summed E-state index contributed by atoms with van der Waals surface area (Å²) in [6, 6.07) is 24.5. The van der Waals surface area contributed by atoms with E-state index in [2.05, 4.69) is 16.0 Å². The average Bonchev–Trinajstić information content (AvgIpc) is 3.08. The fourth-order valence-corrected chi connectivity index (χ4v) is 3.28. The van der Waals surface area contributed by atoms with Gasteiger partial charge in [0.1, 0.15) is 0 Å². The standard InChI is InChI=1S/C23H19N3O2/c1-24-22(27)16-10-7-11-17(14-16)25-21(15-8-3-2-4-9-15)20-18-12-5-6-13-19(18)26-23(20)28/h2-14,25H,1H3,(H,24,27)(H,26,28)/b21-20-. The van der Waals surface area contributed by atoms with Gasteiger partial charge in [-0.05, 0) is 29.8 Å². The molecule has 2 amide bonds. The Morgan fingerprint density at radius 1 is 0.857 bits per heavy atom. The summed E-state index contributed by atoms with van der Waals surface area (Å²) in [6.07, 6.45) is 0. The van der Waals surface area contributed by atoms with Crippen LogP contribution in [0.1, 0.15) is 21.5 Å². The smallest absolute Gasteiger partial charge is 0.258 e. The molecule has 0 aliphatic carbocycles. The largest absolute Gasteiger partial charge is 0.355 e. The quantitative estimate of drug-likeness (QED) is 0.609. The van der Waals surface area contributed by atoms with E-state index in [0.29, 0.717) is 16.8 Å². The van der Waals surface area contributed by atoms with Crippen molar-refractivity contribution >= 4 is 34.5 Å². The first kappa shape index (κ1) is 17.5. The van der Waals surface area contributed by atoms with Gasteiger partial charge < -0.3 is 16.0 Å². The zero-order chi connectivity index (χ0) is 19.5. The first-order valence-corrected chi connectivity index (χ1v) is 8.97. The molecule has 0 aromatic heterocycles. The summed E-state index contributed by atoms with van der Waals surface area (Å²) in [4.78, 5) is 24.8. The van der Waals surface area contributed by atoms with Crippen molar-refractivity contribution in [3.05, 3.63) is 95.6 Å². The lowest BCUT2D eigenvalue weighted by Gasteiger charge is -2.15. The molecule has 5 nitrogen and oxygen atoms in total. The van der Waals surface area contributed by atoms with Crippen LogP contribution in [-0.2, 0) is 4.79 Å². The van der Waals surface area contributed by atoms with Gasteiger partial charge >= 0.3 is 0 Å². The summed E-state index contributed by atoms with van der Waals surface area (Å²) in [5, 5.41) is 8.91. The number of anilines is 2. The lowest BCUT2D eigenvalue weighted by Crippen LogP contribution is -2.17. The Morgan fingerprint density at radius 3 is 2.36 bits per heavy atom. The van der Waals surface area contributed by atoms with Crippen LogP contribution in [0.25, 0.3) is 11.3 Å². The second kappa shape index (κ2) is 7.40. The molecule has 3 N–H and O–H groups in total. The molecule has 0 saturated carbocycles. The molecule has 0 saturated heterocycles. The Morgan fingerprint density at radius 2 is 1.57 bits per heavy atom. The van der Waals surface area contributed by atoms with Gasteiger partial charge in [-0.1, -0.05) is 54.6 Å². The molecule has 1 heterocycles. The molecule has 0 fully saturated rings. The van der Waals surface area contributed by atoms with E-state index in [0.717, 1.165) is 22.5 Å². The Bertz CT molecular complexity index is 1090. The van der Waals surface area contributed by atoms with Crippen molar-refractivity contribution in [3.8, 4) is 0 Å². The van der Waals surface area contributed by atoms with Crippen molar-refractivity contribution in [3.63, 3.8) is 0 Å². The molecule has 0 bridgehead atoms. The molecule has 5 heteroatoms. The summed E-state index contributed by atoms with van der Waals surface area (Å²) < 4.78 is 0. The fourth-order valence-electron chi connectivity index (χ4n) is 3.28. The van der Waals surface area contributed by atoms with Crippen LogP contribution in [0, 0.1) is 0 Å². The van der Waals surface area contributed by atoms with Crippen LogP contribution in [0.3, 0.4) is 0 Å². The predicted molar refractivity (Wildman–Crippen MR) is 112 cm³/mol. The third-order valence-corrected chi connectivity index (χ3v) is 4.61. The number of hydrogen-bond acceptors (Lipinski definition) is 3. The van der Waals surface area contributed by atoms with Crippen LogP contribution < -0.4 is 16.0 Å². The van der Waals surface area contributed by atoms with Crippen molar-refractivity contribution in [1.29, 1.82) is 0 Å². The number of carbonyl (C=O) groups is 2. The number of amides is 2. The number of carbonyl (C=O) groups excluding carboxylic acids is 2. The maximum Gasteiger partial charge on any atom is 0.258 e. The molecule has 0 radical (unpaired) electrons. The fraction of sp³-hybridized carbons (Fsp3) is 0.0435. The minimum absolute atomic E-state index is 0.157. The van der Waals surface area contributed by atoms with Crippen LogP contribution >= 0.6 is 0 Å². The van der Waals surface area contributed by atoms with Gasteiger partial charge in [0.15, 0.2) is 0 Å². The Labute approximate surface area is 163 Å². The number of benzene rings is 3. The Kier molecular flexibility index (Phi) is 4.64. The average molecular weight is 369 g/mol. The van der Waals surface area contributed by atoms with Gasteiger partial charge in [0.2, 0.25) is 0 Å². The van der Waals surface area contributed by atoms with Gasteiger partial charge in [0, 0.05) is 29.5 Å². The van der Waals surface area contributed by atoms with Crippen LogP contribution in [0.2, 0.25) is 0 Å². The summed E-state index contributed by atoms with van der Waals surface area (Å²) in [5.74, 6) is -0.323. The van der Waals surface area contributed by atoms with E-state index in [1.165, 1.54) is 0 Å². The van der Waals surface area contributed by atoms with Crippen LogP contribution in [0.5, 0.6) is 0 Å². The predicted octanol–water partition coefficient (Wildman–Crippen LogP) is 3.98. The van der Waals surface area contributed by atoms with E-state index in [-0.39, 0.29) is 11.8 Å². The maximum atomic E-state index is 12.8. The van der Waals surface area contributed by atoms with E-state index >= 15 is 0 Å². The molecule has 138 valence electrons. The van der Waals surface area contributed by atoms with Crippen LogP contribution in [0.4, 0.5) is 11.4 Å². The minimum atomic E-state index is -0.165. The van der Waals surface area contributed by atoms with E-state index < -0.39 is 0 Å². The van der Waals surface area contributed by atoms with Crippen molar-refractivity contribution in [2.75, 3.05) is 17.7 Å². The third kappa shape index (κ3) is 3.25. The molecule has 1 aliphatic heterocycles. The third-order valence-electron chi connectivity index (χ3n) is 4.61. The Balaban J connectivity index is 1.85. The second-order valence-electron chi connectivity index (χ2n) is 6.40. The highest BCUT2D eigenvalue weighted by Gasteiger charge is 2.28. The summed E-state index contributed by atoms with van der Waals surface area (Å²) >= 11 is 0. The number of nitrogens with one attached hydrogen (secondary N) is 3. The van der Waals surface area contributed by atoms with Crippen molar-refractivity contribution in [2.45, 2.75) is 0 Å². The first-order valence-electron chi connectivity index (χ1n) is 8.97. The van der Waals surface area contributed by atoms with Crippen molar-refractivity contribution < 1.29 is 9.59 Å². The highest BCUT2D eigenvalue weighted by atomic mass is 16.2. The highest BCUT2D eigenvalue weighted by molar-refractivity contribution is 6.37. The van der Waals surface area contributed by atoms with Crippen LogP contribution in [-0.4, -0.2) is 18.9 Å². The number of rotatable bonds is 4.